The van der Waals surface area contributed by atoms with Gasteiger partial charge in [-0.05, 0) is 75.5 Å². The van der Waals surface area contributed by atoms with Crippen molar-refractivity contribution in [3.05, 3.63) is 40.3 Å². The Labute approximate surface area is 208 Å². The van der Waals surface area contributed by atoms with Gasteiger partial charge in [0.05, 0.1) is 24.4 Å². The number of rotatable bonds is 11. The van der Waals surface area contributed by atoms with Gasteiger partial charge < -0.3 is 8.92 Å². The first-order chi connectivity index (χ1) is 15.1. The number of carbonyl (C=O) groups is 1. The molecule has 1 aromatic carbocycles. The largest absolute Gasteiger partial charge is 0.465 e. The molecule has 0 saturated carbocycles. The van der Waals surface area contributed by atoms with E-state index in [0.717, 1.165) is 24.3 Å². The van der Waals surface area contributed by atoms with Crippen LogP contribution in [0, 0.1) is 12.8 Å². The molecular weight excluding hydrogens is 456 g/mol. The number of hydrogen-bond acceptors (Lipinski definition) is 6. The Morgan fingerprint density at radius 2 is 1.84 bits per heavy atom. The van der Waals surface area contributed by atoms with Gasteiger partial charge in [-0.25, -0.2) is 0 Å². The van der Waals surface area contributed by atoms with Crippen LogP contribution in [0.15, 0.2) is 29.2 Å². The standard InChI is InChI=1S/C26H40O3S3/c1-9-26(10-2,20-12-13-21(18(4)14-20)29-32-25(6,7)8)23-15-19(5)22(31-23)16-30-17-24(27)28-11-3/h12-15,19,22H,9-11,16-17H2,1-8H3. The van der Waals surface area contributed by atoms with E-state index in [-0.39, 0.29) is 16.1 Å². The van der Waals surface area contributed by atoms with E-state index in [2.05, 4.69) is 72.7 Å². The highest BCUT2D eigenvalue weighted by Gasteiger charge is 2.39. The van der Waals surface area contributed by atoms with Gasteiger partial charge in [-0.3, -0.25) is 4.79 Å². The lowest BCUT2D eigenvalue weighted by atomic mass is 9.74. The van der Waals surface area contributed by atoms with E-state index in [4.69, 9.17) is 8.92 Å². The molecule has 2 unspecified atom stereocenters. The fourth-order valence-corrected chi connectivity index (χ4v) is 7.47. The van der Waals surface area contributed by atoms with Gasteiger partial charge >= 0.3 is 5.97 Å². The Morgan fingerprint density at radius 1 is 1.16 bits per heavy atom. The van der Waals surface area contributed by atoms with E-state index >= 15 is 0 Å². The molecule has 3 nitrogen and oxygen atoms in total. The number of benzene rings is 1. The number of esters is 1. The van der Waals surface area contributed by atoms with Gasteiger partial charge in [0.25, 0.3) is 0 Å². The third-order valence-electron chi connectivity index (χ3n) is 5.87. The Hall–Kier alpha value is -0.720. The SMILES string of the molecule is CCOC(=O)CSCC1SC(C(CC)(CC)c2ccc(OSC(C)(C)C)c(C)c2)=CC1C. The second-order valence-corrected chi connectivity index (χ2v) is 13.3. The zero-order chi connectivity index (χ0) is 23.9. The van der Waals surface area contributed by atoms with E-state index in [1.165, 1.54) is 28.1 Å². The topological polar surface area (TPSA) is 35.5 Å². The van der Waals surface area contributed by atoms with Gasteiger partial charge in [0.1, 0.15) is 5.75 Å². The third kappa shape index (κ3) is 7.14. The Balaban J connectivity index is 2.15. The van der Waals surface area contributed by atoms with Crippen LogP contribution in [-0.4, -0.2) is 34.1 Å². The summed E-state index contributed by atoms with van der Waals surface area (Å²) in [5, 5.41) is 0.494. The number of allylic oxidation sites excluding steroid dienone is 2. The van der Waals surface area contributed by atoms with Gasteiger partial charge in [-0.2, -0.15) is 0 Å². The molecule has 0 aliphatic carbocycles. The van der Waals surface area contributed by atoms with Gasteiger partial charge in [0.2, 0.25) is 0 Å². The average Bonchev–Trinajstić information content (AvgIpc) is 3.09. The fraction of sp³-hybridized carbons (Fsp3) is 0.654. The van der Waals surface area contributed by atoms with Crippen LogP contribution in [0.25, 0.3) is 0 Å². The molecule has 0 amide bonds. The lowest BCUT2D eigenvalue weighted by Crippen LogP contribution is -2.26. The van der Waals surface area contributed by atoms with E-state index < -0.39 is 0 Å². The van der Waals surface area contributed by atoms with Crippen molar-refractivity contribution in [2.45, 2.75) is 83.6 Å². The van der Waals surface area contributed by atoms with Crippen molar-refractivity contribution in [3.8, 4) is 5.75 Å². The highest BCUT2D eigenvalue weighted by molar-refractivity contribution is 8.06. The molecule has 0 bridgehead atoms. The number of carbonyl (C=O) groups excluding carboxylic acids is 1. The van der Waals surface area contributed by atoms with E-state index in [1.54, 1.807) is 11.8 Å². The summed E-state index contributed by atoms with van der Waals surface area (Å²) in [5.74, 6) is 2.73. The summed E-state index contributed by atoms with van der Waals surface area (Å²) >= 11 is 5.21. The minimum atomic E-state index is -0.111. The Kier molecular flexibility index (Phi) is 10.4. The maximum Gasteiger partial charge on any atom is 0.315 e. The highest BCUT2D eigenvalue weighted by atomic mass is 32.2. The monoisotopic (exact) mass is 496 g/mol. The second-order valence-electron chi connectivity index (χ2n) is 9.42. The van der Waals surface area contributed by atoms with Crippen molar-refractivity contribution in [1.82, 2.24) is 0 Å². The molecule has 2 rings (SSSR count). The van der Waals surface area contributed by atoms with Crippen LogP contribution in [0.1, 0.15) is 72.4 Å². The maximum absolute atomic E-state index is 11.7. The molecular formula is C26H40O3S3. The highest BCUT2D eigenvalue weighted by Crippen LogP contribution is 2.52. The molecule has 6 heteroatoms. The van der Waals surface area contributed by atoms with Crippen molar-refractivity contribution in [2.75, 3.05) is 18.1 Å². The van der Waals surface area contributed by atoms with Gasteiger partial charge in [-0.1, -0.05) is 39.0 Å². The average molecular weight is 497 g/mol. The quantitative estimate of drug-likeness (QED) is 0.230. The smallest absolute Gasteiger partial charge is 0.315 e. The summed E-state index contributed by atoms with van der Waals surface area (Å²) in [6.45, 7) is 17.8. The number of thioether (sulfide) groups is 2. The molecule has 32 heavy (non-hydrogen) atoms. The van der Waals surface area contributed by atoms with Crippen LogP contribution in [-0.2, 0) is 14.9 Å². The number of aryl methyl sites for hydroxylation is 1. The molecule has 1 aliphatic heterocycles. The lowest BCUT2D eigenvalue weighted by Gasteiger charge is -2.34. The first-order valence-electron chi connectivity index (χ1n) is 11.6. The Bertz CT molecular complexity index is 794. The van der Waals surface area contributed by atoms with Gasteiger partial charge in [0.15, 0.2) is 0 Å². The molecule has 0 aromatic heterocycles. The summed E-state index contributed by atoms with van der Waals surface area (Å²) in [4.78, 5) is 13.2. The van der Waals surface area contributed by atoms with Crippen LogP contribution in [0.3, 0.4) is 0 Å². The van der Waals surface area contributed by atoms with Crippen molar-refractivity contribution in [1.29, 1.82) is 0 Å². The molecule has 2 atom stereocenters. The normalized spacial score (nSPS) is 19.1. The van der Waals surface area contributed by atoms with Crippen molar-refractivity contribution in [3.63, 3.8) is 0 Å². The molecule has 0 fully saturated rings. The number of ether oxygens (including phenoxy) is 1. The van der Waals surface area contributed by atoms with Crippen LogP contribution in [0.5, 0.6) is 5.75 Å². The zero-order valence-electron chi connectivity index (χ0n) is 20.9. The van der Waals surface area contributed by atoms with Crippen LogP contribution < -0.4 is 4.18 Å². The third-order valence-corrected chi connectivity index (χ3v) is 9.56. The summed E-state index contributed by atoms with van der Waals surface area (Å²) < 4.78 is 11.2. The van der Waals surface area contributed by atoms with Crippen molar-refractivity contribution < 1.29 is 13.7 Å². The van der Waals surface area contributed by atoms with Crippen LogP contribution in [0.4, 0.5) is 0 Å². The molecule has 1 aliphatic rings. The zero-order valence-corrected chi connectivity index (χ0v) is 23.4. The first-order valence-corrected chi connectivity index (χ1v) is 14.4. The second kappa shape index (κ2) is 12.1. The summed E-state index contributed by atoms with van der Waals surface area (Å²) in [5.41, 5.74) is 2.59. The molecule has 1 heterocycles. The predicted octanol–water partition coefficient (Wildman–Crippen LogP) is 7.81. The van der Waals surface area contributed by atoms with Gasteiger partial charge in [-0.15, -0.1) is 23.5 Å². The van der Waals surface area contributed by atoms with E-state index in [0.29, 0.717) is 23.5 Å². The van der Waals surface area contributed by atoms with Crippen LogP contribution in [0.2, 0.25) is 0 Å². The predicted molar refractivity (Wildman–Crippen MR) is 144 cm³/mol. The Morgan fingerprint density at radius 3 is 2.41 bits per heavy atom. The van der Waals surface area contributed by atoms with Gasteiger partial charge in [0, 0.05) is 21.2 Å². The summed E-state index contributed by atoms with van der Waals surface area (Å²) in [6, 6.07) is 6.72. The summed E-state index contributed by atoms with van der Waals surface area (Å²) in [6.07, 6.45) is 4.60. The number of hydrogen-bond donors (Lipinski definition) is 0. The molecule has 180 valence electrons. The van der Waals surface area contributed by atoms with E-state index in [1.807, 2.05) is 18.7 Å². The molecule has 0 N–H and O–H groups in total. The molecule has 1 aromatic rings. The minimum Gasteiger partial charge on any atom is -0.465 e. The first kappa shape index (κ1) is 27.5. The molecule has 0 saturated heterocycles. The maximum atomic E-state index is 11.7. The molecule has 0 radical (unpaired) electrons. The van der Waals surface area contributed by atoms with Crippen LogP contribution >= 0.6 is 35.6 Å². The minimum absolute atomic E-state index is 0.0277. The molecule has 0 spiro atoms. The fourth-order valence-electron chi connectivity index (χ4n) is 3.93. The lowest BCUT2D eigenvalue weighted by molar-refractivity contribution is -0.139. The van der Waals surface area contributed by atoms with Crippen molar-refractivity contribution in [2.24, 2.45) is 5.92 Å². The summed E-state index contributed by atoms with van der Waals surface area (Å²) in [7, 11) is 0. The van der Waals surface area contributed by atoms with E-state index in [9.17, 15) is 4.79 Å². The van der Waals surface area contributed by atoms with Crippen molar-refractivity contribution >= 4 is 41.5 Å².